The maximum absolute atomic E-state index is 11.5. The number of benzene rings is 1. The molecule has 0 spiro atoms. The van der Waals surface area contributed by atoms with E-state index < -0.39 is 10.0 Å². The summed E-state index contributed by atoms with van der Waals surface area (Å²) >= 11 is 0. The van der Waals surface area contributed by atoms with E-state index in [1.807, 2.05) is 24.3 Å². The lowest BCUT2D eigenvalue weighted by Gasteiger charge is -2.06. The molecule has 0 fully saturated rings. The second-order valence-corrected chi connectivity index (χ2v) is 5.83. The molecule has 1 aromatic carbocycles. The highest BCUT2D eigenvalue weighted by molar-refractivity contribution is 7.89. The fourth-order valence-corrected chi connectivity index (χ4v) is 2.29. The Kier molecular flexibility index (Phi) is 4.31. The maximum atomic E-state index is 11.5. The van der Waals surface area contributed by atoms with Crippen molar-refractivity contribution in [2.75, 3.05) is 19.5 Å². The smallest absolute Gasteiger partial charge is 0.273 e. The van der Waals surface area contributed by atoms with E-state index in [4.69, 9.17) is 9.15 Å². The molecule has 0 radical (unpaired) electrons. The Morgan fingerprint density at radius 3 is 2.75 bits per heavy atom. The fourth-order valence-electron chi connectivity index (χ4n) is 1.62. The SMILES string of the molecule is CNS(=O)(=O)c1ccc(CNc2cccc(OC)c2)o1. The van der Waals surface area contributed by atoms with E-state index in [0.29, 0.717) is 12.3 Å². The minimum Gasteiger partial charge on any atom is -0.497 e. The highest BCUT2D eigenvalue weighted by Gasteiger charge is 2.16. The molecular weight excluding hydrogens is 280 g/mol. The number of sulfonamides is 1. The van der Waals surface area contributed by atoms with Crippen LogP contribution in [0.15, 0.2) is 45.9 Å². The molecule has 108 valence electrons. The summed E-state index contributed by atoms with van der Waals surface area (Å²) in [5.41, 5.74) is 0.860. The predicted octanol–water partition coefficient (Wildman–Crippen LogP) is 1.81. The first-order valence-corrected chi connectivity index (χ1v) is 7.43. The quantitative estimate of drug-likeness (QED) is 0.849. The monoisotopic (exact) mass is 296 g/mol. The van der Waals surface area contributed by atoms with Gasteiger partial charge in [0.15, 0.2) is 0 Å². The third kappa shape index (κ3) is 3.31. The maximum Gasteiger partial charge on any atom is 0.273 e. The second kappa shape index (κ2) is 5.98. The average molecular weight is 296 g/mol. The van der Waals surface area contributed by atoms with Crippen LogP contribution in [0.3, 0.4) is 0 Å². The molecule has 7 heteroatoms. The molecule has 2 aromatic rings. The van der Waals surface area contributed by atoms with Crippen LogP contribution in [-0.2, 0) is 16.6 Å². The molecule has 20 heavy (non-hydrogen) atoms. The molecule has 6 nitrogen and oxygen atoms in total. The summed E-state index contributed by atoms with van der Waals surface area (Å²) in [5, 5.41) is 3.03. The van der Waals surface area contributed by atoms with Gasteiger partial charge in [0.2, 0.25) is 5.09 Å². The number of methoxy groups -OCH3 is 1. The Morgan fingerprint density at radius 2 is 2.05 bits per heavy atom. The molecule has 0 aliphatic rings. The third-order valence-electron chi connectivity index (χ3n) is 2.71. The van der Waals surface area contributed by atoms with Crippen molar-refractivity contribution in [3.05, 3.63) is 42.2 Å². The molecule has 1 aromatic heterocycles. The molecular formula is C13H16N2O4S. The molecule has 1 heterocycles. The minimum absolute atomic E-state index is 0.0950. The molecule has 0 unspecified atom stereocenters. The lowest BCUT2D eigenvalue weighted by atomic mass is 10.3. The molecule has 2 rings (SSSR count). The number of hydrogen-bond acceptors (Lipinski definition) is 5. The lowest BCUT2D eigenvalue weighted by molar-refractivity contribution is 0.414. The number of rotatable bonds is 6. The number of hydrogen-bond donors (Lipinski definition) is 2. The largest absolute Gasteiger partial charge is 0.497 e. The zero-order valence-electron chi connectivity index (χ0n) is 11.2. The van der Waals surface area contributed by atoms with Gasteiger partial charge in [-0.2, -0.15) is 0 Å². The Labute approximate surface area is 117 Å². The van der Waals surface area contributed by atoms with E-state index >= 15 is 0 Å². The van der Waals surface area contributed by atoms with Crippen molar-refractivity contribution in [1.82, 2.24) is 4.72 Å². The van der Waals surface area contributed by atoms with E-state index in [1.165, 1.54) is 13.1 Å². The Bertz CT molecular complexity index is 679. The Balaban J connectivity index is 2.04. The van der Waals surface area contributed by atoms with E-state index in [1.54, 1.807) is 13.2 Å². The van der Waals surface area contributed by atoms with Crippen LogP contribution in [0.1, 0.15) is 5.76 Å². The molecule has 0 saturated carbocycles. The molecule has 0 amide bonds. The molecule has 0 saturated heterocycles. The van der Waals surface area contributed by atoms with Crippen LogP contribution in [-0.4, -0.2) is 22.6 Å². The van der Waals surface area contributed by atoms with Crippen molar-refractivity contribution in [2.45, 2.75) is 11.6 Å². The first kappa shape index (κ1) is 14.4. The average Bonchev–Trinajstić information content (AvgIpc) is 2.95. The molecule has 0 bridgehead atoms. The van der Waals surface area contributed by atoms with Gasteiger partial charge in [-0.05, 0) is 31.3 Å². The summed E-state index contributed by atoms with van der Waals surface area (Å²) in [6, 6.07) is 10.5. The summed E-state index contributed by atoms with van der Waals surface area (Å²) in [5.74, 6) is 1.27. The number of ether oxygens (including phenoxy) is 1. The van der Waals surface area contributed by atoms with Crippen molar-refractivity contribution in [1.29, 1.82) is 0 Å². The lowest BCUT2D eigenvalue weighted by Crippen LogP contribution is -2.17. The molecule has 0 atom stereocenters. The summed E-state index contributed by atoms with van der Waals surface area (Å²) in [7, 11) is -0.598. The second-order valence-electron chi connectivity index (χ2n) is 4.01. The topological polar surface area (TPSA) is 80.6 Å². The fraction of sp³-hybridized carbons (Fsp3) is 0.231. The van der Waals surface area contributed by atoms with Crippen LogP contribution in [0.4, 0.5) is 5.69 Å². The van der Waals surface area contributed by atoms with Crippen molar-refractivity contribution in [2.24, 2.45) is 0 Å². The van der Waals surface area contributed by atoms with Crippen LogP contribution in [0.2, 0.25) is 0 Å². The van der Waals surface area contributed by atoms with Crippen LogP contribution in [0.5, 0.6) is 5.75 Å². The van der Waals surface area contributed by atoms with E-state index in [9.17, 15) is 8.42 Å². The summed E-state index contributed by atoms with van der Waals surface area (Å²) in [6.07, 6.45) is 0. The number of anilines is 1. The van der Waals surface area contributed by atoms with Gasteiger partial charge in [-0.15, -0.1) is 0 Å². The van der Waals surface area contributed by atoms with Crippen molar-refractivity contribution in [3.63, 3.8) is 0 Å². The van der Waals surface area contributed by atoms with Gasteiger partial charge >= 0.3 is 0 Å². The zero-order chi connectivity index (χ0) is 14.6. The van der Waals surface area contributed by atoms with Gasteiger partial charge in [0.05, 0.1) is 13.7 Å². The normalized spacial score (nSPS) is 11.3. The van der Waals surface area contributed by atoms with Gasteiger partial charge < -0.3 is 14.5 Å². The molecule has 2 N–H and O–H groups in total. The number of nitrogens with one attached hydrogen (secondary N) is 2. The predicted molar refractivity (Wildman–Crippen MR) is 75.3 cm³/mol. The van der Waals surface area contributed by atoms with Gasteiger partial charge in [0.25, 0.3) is 10.0 Å². The third-order valence-corrected chi connectivity index (χ3v) is 3.99. The van der Waals surface area contributed by atoms with Gasteiger partial charge in [-0.25, -0.2) is 13.1 Å². The Morgan fingerprint density at radius 1 is 1.25 bits per heavy atom. The highest BCUT2D eigenvalue weighted by Crippen LogP contribution is 2.19. The molecule has 0 aliphatic carbocycles. The van der Waals surface area contributed by atoms with Crippen LogP contribution in [0.25, 0.3) is 0 Å². The van der Waals surface area contributed by atoms with Crippen molar-refractivity contribution >= 4 is 15.7 Å². The minimum atomic E-state index is -3.54. The summed E-state index contributed by atoms with van der Waals surface area (Å²) in [4.78, 5) is 0. The van der Waals surface area contributed by atoms with Crippen LogP contribution < -0.4 is 14.8 Å². The summed E-state index contributed by atoms with van der Waals surface area (Å²) < 4.78 is 35.7. The summed E-state index contributed by atoms with van der Waals surface area (Å²) in [6.45, 7) is 0.381. The standard InChI is InChI=1S/C13H16N2O4S/c1-14-20(16,17)13-7-6-12(19-13)9-15-10-4-3-5-11(8-10)18-2/h3-8,14-15H,9H2,1-2H3. The van der Waals surface area contributed by atoms with Crippen LogP contribution in [0, 0.1) is 0 Å². The van der Waals surface area contributed by atoms with Crippen molar-refractivity contribution in [3.8, 4) is 5.75 Å². The Hall–Kier alpha value is -1.99. The van der Waals surface area contributed by atoms with E-state index in [0.717, 1.165) is 11.4 Å². The van der Waals surface area contributed by atoms with E-state index in [2.05, 4.69) is 10.0 Å². The first-order valence-electron chi connectivity index (χ1n) is 5.95. The van der Waals surface area contributed by atoms with Gasteiger partial charge in [-0.3, -0.25) is 0 Å². The van der Waals surface area contributed by atoms with Gasteiger partial charge in [0, 0.05) is 11.8 Å². The molecule has 0 aliphatic heterocycles. The van der Waals surface area contributed by atoms with Crippen molar-refractivity contribution < 1.29 is 17.6 Å². The van der Waals surface area contributed by atoms with Gasteiger partial charge in [0.1, 0.15) is 11.5 Å². The first-order chi connectivity index (χ1) is 9.55. The number of furan rings is 1. The zero-order valence-corrected chi connectivity index (χ0v) is 12.0. The van der Waals surface area contributed by atoms with E-state index in [-0.39, 0.29) is 5.09 Å². The highest BCUT2D eigenvalue weighted by atomic mass is 32.2. The van der Waals surface area contributed by atoms with Crippen LogP contribution >= 0.6 is 0 Å². The van der Waals surface area contributed by atoms with Gasteiger partial charge in [-0.1, -0.05) is 6.07 Å².